The number of aliphatic hydroxyl groups is 1. The quantitative estimate of drug-likeness (QED) is 0.0228. The van der Waals surface area contributed by atoms with Crippen LogP contribution in [-0.4, -0.2) is 114 Å². The third kappa shape index (κ3) is 17.1. The van der Waals surface area contributed by atoms with E-state index in [1.54, 1.807) is 24.3 Å². The van der Waals surface area contributed by atoms with Gasteiger partial charge in [-0.05, 0) is 91.5 Å². The summed E-state index contributed by atoms with van der Waals surface area (Å²) in [5.74, 6) is -4.36. The molecule has 2 fully saturated rings. The molecule has 20 heteroatoms. The first kappa shape index (κ1) is 61.8. The van der Waals surface area contributed by atoms with Crippen molar-refractivity contribution in [2.24, 2.45) is 11.8 Å². The molecule has 2 aliphatic rings. The van der Waals surface area contributed by atoms with Gasteiger partial charge in [-0.15, -0.1) is 0 Å². The molecular weight excluding hydrogens is 1040 g/mol. The number of hydrogen-bond acceptors (Lipinski definition) is 15. The molecule has 3 atom stereocenters. The molecule has 2 aromatic heterocycles. The molecule has 78 heavy (non-hydrogen) atoms. The number of benzene rings is 2. The molecule has 1 saturated carbocycles. The van der Waals surface area contributed by atoms with Gasteiger partial charge in [0, 0.05) is 74.2 Å². The molecule has 0 radical (unpaired) electrons. The van der Waals surface area contributed by atoms with E-state index in [0.717, 1.165) is 10.6 Å². The summed E-state index contributed by atoms with van der Waals surface area (Å²) in [6, 6.07) is 10.7. The van der Waals surface area contributed by atoms with E-state index in [2.05, 4.69) is 0 Å². The topological polar surface area (TPSA) is 206 Å². The average molecular weight is 1120 g/mol. The number of allylic oxidation sites excluding steroid dienone is 1. The van der Waals surface area contributed by atoms with E-state index in [4.69, 9.17) is 44.0 Å². The molecule has 2 aromatic carbocycles. The highest BCUT2D eigenvalue weighted by Gasteiger charge is 2.50. The number of unbranched alkanes of at least 4 members (excludes halogenated alkanes) is 2. The second-order valence-corrected chi connectivity index (χ2v) is 24.7. The van der Waals surface area contributed by atoms with E-state index in [0.29, 0.717) is 88.8 Å². The summed E-state index contributed by atoms with van der Waals surface area (Å²) in [4.78, 5) is 45.2. The Morgan fingerprint density at radius 1 is 0.833 bits per heavy atom. The Bertz CT molecular complexity index is 2870. The van der Waals surface area contributed by atoms with Gasteiger partial charge >= 0.3 is 11.9 Å². The van der Waals surface area contributed by atoms with E-state index in [-0.39, 0.29) is 81.2 Å². The summed E-state index contributed by atoms with van der Waals surface area (Å²) in [5.41, 5.74) is 4.69. The fourth-order valence-electron chi connectivity index (χ4n) is 9.22. The number of aromatic nitrogens is 4. The molecule has 1 aliphatic carbocycles. The number of hydrogen-bond donors (Lipinski definition) is 1. The lowest BCUT2D eigenvalue weighted by atomic mass is 9.87. The Morgan fingerprint density at radius 2 is 1.44 bits per heavy atom. The number of carbonyl (C=O) groups excluding carboxylic acids is 2. The molecule has 1 aliphatic heterocycles. The fraction of sp³-hybridized carbons (Fsp3) is 0.552. The van der Waals surface area contributed by atoms with Gasteiger partial charge in [0.2, 0.25) is 21.9 Å². The second-order valence-electron chi connectivity index (χ2n) is 21.8. The maximum atomic E-state index is 16.5. The van der Waals surface area contributed by atoms with Crippen LogP contribution in [0.4, 0.5) is 20.7 Å². The van der Waals surface area contributed by atoms with Crippen LogP contribution in [0, 0.1) is 23.5 Å². The van der Waals surface area contributed by atoms with Gasteiger partial charge in [0.05, 0.1) is 73.7 Å². The number of esters is 2. The molecule has 0 amide bonds. The molecule has 16 nitrogen and oxygen atoms in total. The van der Waals surface area contributed by atoms with Gasteiger partial charge in [-0.3, -0.25) is 13.9 Å². The molecule has 0 bridgehead atoms. The first-order valence-electron chi connectivity index (χ1n) is 26.9. The Morgan fingerprint density at radius 3 is 2.06 bits per heavy atom. The van der Waals surface area contributed by atoms with E-state index in [1.807, 2.05) is 90.4 Å². The molecule has 3 heterocycles. The van der Waals surface area contributed by atoms with Crippen LogP contribution < -0.4 is 8.61 Å². The zero-order chi connectivity index (χ0) is 57.1. The Labute approximate surface area is 463 Å². The number of anilines is 2. The van der Waals surface area contributed by atoms with Gasteiger partial charge in [0.15, 0.2) is 5.79 Å². The van der Waals surface area contributed by atoms with Gasteiger partial charge in [0.1, 0.15) is 11.6 Å². The van der Waals surface area contributed by atoms with Crippen molar-refractivity contribution in [3.05, 3.63) is 94.3 Å². The smallest absolute Gasteiger partial charge is 0.308 e. The van der Waals surface area contributed by atoms with E-state index in [1.165, 1.54) is 37.2 Å². The SMILES string of the molecule is CSN(C)c1nc(-c2ccc(F)cc2)c(/C=C/CCCCC(=O)OCC(C)C)c(C(C)Cc2cc(-c3nc(N(C)S(C)(=O)=O)nc(C(C)C)c3/C=C/[C@@H]3C[C@H](CC(=O)OCC(C)C)OC4(CCC(O)([OH2+])CC4)O3)ccc2F)n1. The predicted octanol–water partition coefficient (Wildman–Crippen LogP) is 10.7. The van der Waals surface area contributed by atoms with Crippen LogP contribution >= 0.6 is 11.9 Å². The third-order valence-corrected chi connectivity index (χ3v) is 15.5. The summed E-state index contributed by atoms with van der Waals surface area (Å²) >= 11 is 1.41. The van der Waals surface area contributed by atoms with E-state index >= 15 is 4.39 Å². The van der Waals surface area contributed by atoms with Crippen LogP contribution in [0.25, 0.3) is 34.7 Å². The van der Waals surface area contributed by atoms with Crippen molar-refractivity contribution >= 4 is 58.0 Å². The van der Waals surface area contributed by atoms with Gasteiger partial charge in [-0.1, -0.05) is 84.7 Å². The summed E-state index contributed by atoms with van der Waals surface area (Å²) in [5, 5.41) is 18.9. The maximum absolute atomic E-state index is 16.5. The standard InChI is InChI=1S/C58H78F2N6O10S2/c1-36(2)34-73-49(67)17-15-13-12-14-16-46-52(62-55(65(8)77-10)63-53(46)40-18-21-43(59)22-19-40)39(7)30-42-31-41(20-25-48(42)60)54-47(51(38(5)6)61-56(64-54)66(9)78(11,71)72)24-23-44-32-45(33-50(68)74-35-37(3)4)76-58(75-44)28-26-57(69,70)27-29-58/h14,16,18-25,31,36-39,44-45,69-70H,12-13,15,17,26-30,32-35H2,1-11H3/p+1/b16-14+,24-23+/t39?,44-,45-/m1/s1. The number of carbonyl (C=O) groups is 2. The zero-order valence-corrected chi connectivity index (χ0v) is 48.6. The lowest BCUT2D eigenvalue weighted by Gasteiger charge is -2.47. The van der Waals surface area contributed by atoms with Crippen LogP contribution in [-0.2, 0) is 45.0 Å². The highest BCUT2D eigenvalue weighted by molar-refractivity contribution is 7.99. The van der Waals surface area contributed by atoms with Gasteiger partial charge in [-0.2, -0.15) is 0 Å². The molecular formula is C58H79F2N6O10S2+. The summed E-state index contributed by atoms with van der Waals surface area (Å²) in [7, 11) is -0.633. The first-order chi connectivity index (χ1) is 36.8. The number of nitrogens with zero attached hydrogens (tertiary/aromatic N) is 6. The number of ether oxygens (including phenoxy) is 4. The monoisotopic (exact) mass is 1120 g/mol. The fourth-order valence-corrected chi connectivity index (χ4v) is 9.84. The minimum Gasteiger partial charge on any atom is -0.465 e. The van der Waals surface area contributed by atoms with Crippen molar-refractivity contribution in [1.29, 1.82) is 0 Å². The maximum Gasteiger partial charge on any atom is 0.308 e. The highest BCUT2D eigenvalue weighted by atomic mass is 32.2. The minimum absolute atomic E-state index is 0.0315. The molecule has 1 saturated heterocycles. The van der Waals surface area contributed by atoms with Crippen molar-refractivity contribution < 1.29 is 55.9 Å². The predicted molar refractivity (Wildman–Crippen MR) is 303 cm³/mol. The van der Waals surface area contributed by atoms with Gasteiger partial charge < -0.3 is 29.2 Å². The van der Waals surface area contributed by atoms with Crippen LogP contribution in [0.5, 0.6) is 0 Å². The van der Waals surface area contributed by atoms with Crippen molar-refractivity contribution in [3.63, 3.8) is 0 Å². The largest absolute Gasteiger partial charge is 0.465 e. The van der Waals surface area contributed by atoms with E-state index in [9.17, 15) is 27.5 Å². The van der Waals surface area contributed by atoms with Crippen molar-refractivity contribution in [2.45, 2.75) is 155 Å². The van der Waals surface area contributed by atoms with E-state index < -0.39 is 57.3 Å². The van der Waals surface area contributed by atoms with Crippen LogP contribution in [0.1, 0.15) is 153 Å². The Hall–Kier alpha value is -5.38. The number of sulfonamides is 1. The number of rotatable bonds is 24. The normalized spacial score (nSPS) is 20.3. The third-order valence-electron chi connectivity index (χ3n) is 13.6. The molecule has 4 aromatic rings. The Kier molecular flexibility index (Phi) is 21.6. The van der Waals surface area contributed by atoms with Crippen LogP contribution in [0.3, 0.4) is 0 Å². The average Bonchev–Trinajstić information content (AvgIpc) is 3.49. The van der Waals surface area contributed by atoms with Crippen molar-refractivity contribution in [2.75, 3.05) is 48.4 Å². The minimum atomic E-state index is -3.84. The molecule has 1 spiro atoms. The second kappa shape index (κ2) is 27.2. The first-order valence-corrected chi connectivity index (χ1v) is 29.9. The Balaban J connectivity index is 1.42. The lowest BCUT2D eigenvalue weighted by molar-refractivity contribution is -0.343. The van der Waals surface area contributed by atoms with Gasteiger partial charge in [-0.25, -0.2) is 41.4 Å². The van der Waals surface area contributed by atoms with Crippen molar-refractivity contribution in [1.82, 2.24) is 19.9 Å². The van der Waals surface area contributed by atoms with Crippen LogP contribution in [0.15, 0.2) is 54.6 Å². The van der Waals surface area contributed by atoms with Gasteiger partial charge in [0.25, 0.3) is 5.79 Å². The molecule has 6 rings (SSSR count). The number of halogens is 2. The summed E-state index contributed by atoms with van der Waals surface area (Å²) in [6.07, 6.45) is 12.6. The molecule has 3 N–H and O–H groups in total. The molecule has 1 unspecified atom stereocenters. The zero-order valence-electron chi connectivity index (χ0n) is 47.0. The summed E-state index contributed by atoms with van der Waals surface area (Å²) < 4.78 is 83.9. The highest BCUT2D eigenvalue weighted by Crippen LogP contribution is 2.44. The molecule has 426 valence electrons. The lowest BCUT2D eigenvalue weighted by Crippen LogP contribution is -2.53. The van der Waals surface area contributed by atoms with Crippen molar-refractivity contribution in [3.8, 4) is 22.5 Å². The summed E-state index contributed by atoms with van der Waals surface area (Å²) in [6.45, 7) is 14.3. The van der Waals surface area contributed by atoms with Crippen LogP contribution in [0.2, 0.25) is 0 Å².